The first-order valence-electron chi connectivity index (χ1n) is 6.10. The Kier molecular flexibility index (Phi) is 7.15. The molecule has 2 N–H and O–H groups in total. The van der Waals surface area contributed by atoms with Gasteiger partial charge in [-0.15, -0.1) is 0 Å². The summed E-state index contributed by atoms with van der Waals surface area (Å²) in [5.41, 5.74) is 0. The number of nitrogens with zero attached hydrogens (tertiary/aromatic N) is 2. The second-order valence-electron chi connectivity index (χ2n) is 4.21. The minimum Gasteiger partial charge on any atom is -0.394 e. The maximum Gasteiger partial charge on any atom is 0.134 e. The molecule has 0 spiro atoms. The van der Waals surface area contributed by atoms with Gasteiger partial charge in [-0.25, -0.2) is 9.97 Å². The summed E-state index contributed by atoms with van der Waals surface area (Å²) in [6.07, 6.45) is 0.874. The van der Waals surface area contributed by atoms with E-state index in [0.29, 0.717) is 19.1 Å². The van der Waals surface area contributed by atoms with Crippen LogP contribution in [0.1, 0.15) is 32.0 Å². The van der Waals surface area contributed by atoms with E-state index >= 15 is 0 Å². The molecule has 18 heavy (non-hydrogen) atoms. The summed E-state index contributed by atoms with van der Waals surface area (Å²) in [6.45, 7) is 6.02. The molecule has 0 atom stereocenters. The largest absolute Gasteiger partial charge is 0.394 e. The zero-order valence-corrected chi connectivity index (χ0v) is 12.4. The van der Waals surface area contributed by atoms with Crippen molar-refractivity contribution in [3.63, 3.8) is 0 Å². The van der Waals surface area contributed by atoms with Gasteiger partial charge in [-0.3, -0.25) is 0 Å². The fourth-order valence-electron chi connectivity index (χ4n) is 1.34. The molecule has 0 aliphatic heterocycles. The quantitative estimate of drug-likeness (QED) is 0.568. The van der Waals surface area contributed by atoms with E-state index in [1.165, 1.54) is 0 Å². The van der Waals surface area contributed by atoms with E-state index in [9.17, 15) is 0 Å². The average Bonchev–Trinajstić information content (AvgIpc) is 2.33. The van der Waals surface area contributed by atoms with Gasteiger partial charge in [0.25, 0.3) is 0 Å². The van der Waals surface area contributed by atoms with Crippen molar-refractivity contribution in [1.29, 1.82) is 0 Å². The minimum atomic E-state index is 0.0734. The smallest absolute Gasteiger partial charge is 0.134 e. The second kappa shape index (κ2) is 8.39. The molecule has 0 fully saturated rings. The monoisotopic (exact) mass is 317 g/mol. The van der Waals surface area contributed by atoms with Crippen molar-refractivity contribution in [2.45, 2.75) is 26.2 Å². The molecule has 1 aromatic heterocycles. The molecule has 0 amide bonds. The Balaban J connectivity index is 2.37. The van der Waals surface area contributed by atoms with Crippen LogP contribution < -0.4 is 5.32 Å². The van der Waals surface area contributed by atoms with E-state index in [1.807, 2.05) is 6.07 Å². The van der Waals surface area contributed by atoms with Crippen LogP contribution in [0.15, 0.2) is 10.7 Å². The van der Waals surface area contributed by atoms with Gasteiger partial charge < -0.3 is 15.2 Å². The van der Waals surface area contributed by atoms with Crippen molar-refractivity contribution in [1.82, 2.24) is 9.97 Å². The highest BCUT2D eigenvalue weighted by molar-refractivity contribution is 9.10. The Bertz CT molecular complexity index is 361. The lowest BCUT2D eigenvalue weighted by molar-refractivity contribution is 0.0922. The summed E-state index contributed by atoms with van der Waals surface area (Å²) in [7, 11) is 0. The van der Waals surface area contributed by atoms with Gasteiger partial charge in [0.05, 0.1) is 13.2 Å². The molecule has 102 valence electrons. The lowest BCUT2D eigenvalue weighted by Gasteiger charge is -2.09. The zero-order valence-electron chi connectivity index (χ0n) is 10.8. The molecule has 0 aliphatic rings. The van der Waals surface area contributed by atoms with E-state index in [2.05, 4.69) is 45.1 Å². The maximum absolute atomic E-state index is 8.55. The second-order valence-corrected chi connectivity index (χ2v) is 5.02. The Morgan fingerprint density at radius 1 is 1.39 bits per heavy atom. The van der Waals surface area contributed by atoms with Crippen molar-refractivity contribution >= 4 is 21.7 Å². The zero-order chi connectivity index (χ0) is 13.4. The molecule has 0 aromatic carbocycles. The van der Waals surface area contributed by atoms with Crippen molar-refractivity contribution < 1.29 is 9.84 Å². The number of aromatic nitrogens is 2. The van der Waals surface area contributed by atoms with E-state index in [4.69, 9.17) is 9.84 Å². The van der Waals surface area contributed by atoms with Crippen LogP contribution in [0.4, 0.5) is 5.82 Å². The van der Waals surface area contributed by atoms with Gasteiger partial charge in [-0.2, -0.15) is 0 Å². The van der Waals surface area contributed by atoms with Crippen molar-refractivity contribution in [3.05, 3.63) is 16.5 Å². The van der Waals surface area contributed by atoms with Crippen molar-refractivity contribution in [3.8, 4) is 0 Å². The normalized spacial score (nSPS) is 10.9. The summed E-state index contributed by atoms with van der Waals surface area (Å²) in [4.78, 5) is 8.75. The molecule has 6 heteroatoms. The number of aliphatic hydroxyl groups is 1. The van der Waals surface area contributed by atoms with Gasteiger partial charge in [0.15, 0.2) is 0 Å². The minimum absolute atomic E-state index is 0.0734. The molecular formula is C12H20BrN3O2. The molecule has 0 unspecified atom stereocenters. The molecule has 5 nitrogen and oxygen atoms in total. The number of ether oxygens (including phenoxy) is 1. The molecular weight excluding hydrogens is 298 g/mol. The first-order valence-corrected chi connectivity index (χ1v) is 6.89. The van der Waals surface area contributed by atoms with Crippen LogP contribution >= 0.6 is 15.9 Å². The number of nitrogens with one attached hydrogen (secondary N) is 1. The van der Waals surface area contributed by atoms with Crippen LogP contribution in [0.25, 0.3) is 0 Å². The van der Waals surface area contributed by atoms with Crippen molar-refractivity contribution in [2.75, 3.05) is 31.7 Å². The fraction of sp³-hybridized carbons (Fsp3) is 0.667. The van der Waals surface area contributed by atoms with Crippen LogP contribution in [0, 0.1) is 0 Å². The lowest BCUT2D eigenvalue weighted by atomic mass is 10.2. The lowest BCUT2D eigenvalue weighted by Crippen LogP contribution is -2.10. The highest BCUT2D eigenvalue weighted by atomic mass is 79.9. The third-order valence-corrected chi connectivity index (χ3v) is 2.64. The molecule has 1 heterocycles. The van der Waals surface area contributed by atoms with Crippen molar-refractivity contribution in [2.24, 2.45) is 0 Å². The molecule has 0 saturated heterocycles. The Morgan fingerprint density at radius 2 is 2.17 bits per heavy atom. The summed E-state index contributed by atoms with van der Waals surface area (Å²) >= 11 is 3.38. The molecule has 0 radical (unpaired) electrons. The number of halogens is 1. The maximum atomic E-state index is 8.55. The van der Waals surface area contributed by atoms with Crippen LogP contribution in [0.3, 0.4) is 0 Å². The van der Waals surface area contributed by atoms with Crippen LogP contribution in [-0.4, -0.2) is 41.4 Å². The number of anilines is 1. The van der Waals surface area contributed by atoms with Gasteiger partial charge in [0.1, 0.15) is 16.2 Å². The Morgan fingerprint density at radius 3 is 2.83 bits per heavy atom. The van der Waals surface area contributed by atoms with E-state index in [0.717, 1.165) is 29.2 Å². The molecule has 0 saturated carbocycles. The summed E-state index contributed by atoms with van der Waals surface area (Å²) in [6, 6.07) is 1.86. The number of hydrogen-bond acceptors (Lipinski definition) is 5. The number of rotatable bonds is 8. The summed E-state index contributed by atoms with van der Waals surface area (Å²) < 4.78 is 5.97. The van der Waals surface area contributed by atoms with Gasteiger partial charge in [0.2, 0.25) is 0 Å². The van der Waals surface area contributed by atoms with Crippen LogP contribution in [-0.2, 0) is 4.74 Å². The molecule has 0 aliphatic carbocycles. The summed E-state index contributed by atoms with van der Waals surface area (Å²) in [5.74, 6) is 1.95. The van der Waals surface area contributed by atoms with E-state index < -0.39 is 0 Å². The van der Waals surface area contributed by atoms with E-state index in [-0.39, 0.29) is 6.61 Å². The predicted molar refractivity (Wildman–Crippen MR) is 74.8 cm³/mol. The molecule has 1 aromatic rings. The van der Waals surface area contributed by atoms with Crippen LogP contribution in [0.5, 0.6) is 0 Å². The standard InChI is InChI=1S/C12H20BrN3O2/c1-9(2)12-15-10(13)8-11(16-12)14-4-3-6-18-7-5-17/h8-9,17H,3-7H2,1-2H3,(H,14,15,16). The first-order chi connectivity index (χ1) is 8.63. The van der Waals surface area contributed by atoms with Gasteiger partial charge >= 0.3 is 0 Å². The van der Waals surface area contributed by atoms with Gasteiger partial charge in [-0.05, 0) is 22.4 Å². The Hall–Kier alpha value is -0.720. The summed E-state index contributed by atoms with van der Waals surface area (Å²) in [5, 5.41) is 11.8. The highest BCUT2D eigenvalue weighted by Crippen LogP contribution is 2.17. The predicted octanol–water partition coefficient (Wildman–Crippen LogP) is 2.17. The topological polar surface area (TPSA) is 67.3 Å². The Labute approximate surface area is 116 Å². The third-order valence-electron chi connectivity index (χ3n) is 2.24. The molecule has 0 bridgehead atoms. The first kappa shape index (κ1) is 15.3. The van der Waals surface area contributed by atoms with Crippen LogP contribution in [0.2, 0.25) is 0 Å². The SMILES string of the molecule is CC(C)c1nc(Br)cc(NCCCOCCO)n1. The fourth-order valence-corrected chi connectivity index (χ4v) is 1.74. The van der Waals surface area contributed by atoms with E-state index in [1.54, 1.807) is 0 Å². The van der Waals surface area contributed by atoms with Gasteiger partial charge in [-0.1, -0.05) is 13.8 Å². The highest BCUT2D eigenvalue weighted by Gasteiger charge is 2.06. The third kappa shape index (κ3) is 5.75. The molecule has 1 rings (SSSR count). The number of hydrogen-bond donors (Lipinski definition) is 2. The van der Waals surface area contributed by atoms with Gasteiger partial charge in [0, 0.05) is 25.1 Å². The average molecular weight is 318 g/mol. The number of aliphatic hydroxyl groups excluding tert-OH is 1.